The van der Waals surface area contributed by atoms with Crippen molar-refractivity contribution in [2.75, 3.05) is 13.2 Å². The highest BCUT2D eigenvalue weighted by atomic mass is 79.9. The molecule has 0 saturated carbocycles. The third-order valence-corrected chi connectivity index (χ3v) is 8.39. The second kappa shape index (κ2) is 12.4. The van der Waals surface area contributed by atoms with Crippen molar-refractivity contribution in [2.45, 2.75) is 34.2 Å². The van der Waals surface area contributed by atoms with Crippen LogP contribution in [0.25, 0.3) is 17.0 Å². The summed E-state index contributed by atoms with van der Waals surface area (Å²) in [6, 6.07) is 19.9. The van der Waals surface area contributed by atoms with Gasteiger partial charge in [-0.3, -0.25) is 0 Å². The van der Waals surface area contributed by atoms with Crippen molar-refractivity contribution in [3.05, 3.63) is 110 Å². The zero-order valence-electron chi connectivity index (χ0n) is 23.4. The SMILES string of the molecule is CCOC(=O)C1=C(O)/C(=C/c2cn(CCOc3ccc(C)c(C)c3)c3ccc(Br)cc23)SC1=Nc1ccc(C)cc1. The molecular weight excluding hydrogens is 600 g/mol. The number of rotatable bonds is 8. The summed E-state index contributed by atoms with van der Waals surface area (Å²) in [6.07, 6.45) is 3.94. The molecule has 0 saturated heterocycles. The number of fused-ring (bicyclic) bond motifs is 1. The first kappa shape index (κ1) is 28.8. The highest BCUT2D eigenvalue weighted by Gasteiger charge is 2.33. The molecule has 3 aromatic carbocycles. The van der Waals surface area contributed by atoms with Crippen molar-refractivity contribution in [1.29, 1.82) is 0 Å². The van der Waals surface area contributed by atoms with E-state index in [0.29, 0.717) is 28.8 Å². The first-order valence-corrected chi connectivity index (χ1v) is 15.0. The van der Waals surface area contributed by atoms with Crippen LogP contribution in [0.4, 0.5) is 5.69 Å². The van der Waals surface area contributed by atoms with E-state index >= 15 is 0 Å². The number of aryl methyl sites for hydroxylation is 3. The predicted octanol–water partition coefficient (Wildman–Crippen LogP) is 8.60. The van der Waals surface area contributed by atoms with Gasteiger partial charge in [0.15, 0.2) is 0 Å². The van der Waals surface area contributed by atoms with Crippen LogP contribution >= 0.6 is 27.7 Å². The zero-order chi connectivity index (χ0) is 29.1. The maximum absolute atomic E-state index is 12.9. The number of halogens is 1. The predicted molar refractivity (Wildman–Crippen MR) is 171 cm³/mol. The van der Waals surface area contributed by atoms with E-state index in [2.05, 4.69) is 63.6 Å². The van der Waals surface area contributed by atoms with Crippen LogP contribution in [-0.2, 0) is 16.1 Å². The molecule has 0 spiro atoms. The number of aliphatic hydroxyl groups excluding tert-OH is 1. The fourth-order valence-corrected chi connectivity index (χ4v) is 5.92. The number of aromatic nitrogens is 1. The van der Waals surface area contributed by atoms with Gasteiger partial charge in [0, 0.05) is 27.1 Å². The fraction of sp³-hybridized carbons (Fsp3) is 0.212. The molecule has 0 bridgehead atoms. The van der Waals surface area contributed by atoms with E-state index in [4.69, 9.17) is 9.47 Å². The summed E-state index contributed by atoms with van der Waals surface area (Å²) < 4.78 is 14.4. The number of nitrogens with zero attached hydrogens (tertiary/aromatic N) is 2. The molecule has 1 N–H and O–H groups in total. The van der Waals surface area contributed by atoms with Crippen molar-refractivity contribution >= 4 is 61.4 Å². The summed E-state index contributed by atoms with van der Waals surface area (Å²) in [7, 11) is 0. The molecular formula is C33H31BrN2O4S. The van der Waals surface area contributed by atoms with Crippen LogP contribution in [0.1, 0.15) is 29.2 Å². The van der Waals surface area contributed by atoms with E-state index in [-0.39, 0.29) is 17.9 Å². The molecule has 41 heavy (non-hydrogen) atoms. The average Bonchev–Trinajstić information content (AvgIpc) is 3.43. The number of ether oxygens (including phenoxy) is 2. The minimum absolute atomic E-state index is 0.0791. The van der Waals surface area contributed by atoms with E-state index in [1.54, 1.807) is 6.92 Å². The van der Waals surface area contributed by atoms with Gasteiger partial charge >= 0.3 is 5.97 Å². The fourth-order valence-electron chi connectivity index (χ4n) is 4.53. The molecule has 6 nitrogen and oxygen atoms in total. The molecule has 8 heteroatoms. The van der Waals surface area contributed by atoms with E-state index in [1.807, 2.05) is 55.6 Å². The summed E-state index contributed by atoms with van der Waals surface area (Å²) in [4.78, 5) is 18.1. The van der Waals surface area contributed by atoms with Gasteiger partial charge in [0.05, 0.1) is 23.7 Å². The summed E-state index contributed by atoms with van der Waals surface area (Å²) >= 11 is 4.85. The number of hydrogen-bond donors (Lipinski definition) is 1. The standard InChI is InChI=1S/C33H31BrN2O4S/c1-5-39-33(38)30-31(37)29(41-32(30)35-25-10-6-20(2)7-11-25)17-23-19-36(28-13-9-24(34)18-27(23)28)14-15-40-26-12-8-21(3)22(4)16-26/h6-13,16-19,37H,5,14-15H2,1-4H3/b29-17-,35-32?. The Morgan fingerprint density at radius 1 is 1.05 bits per heavy atom. The van der Waals surface area contributed by atoms with Gasteiger partial charge in [-0.1, -0.05) is 51.5 Å². The van der Waals surface area contributed by atoms with Gasteiger partial charge in [0.1, 0.15) is 28.7 Å². The molecule has 2 heterocycles. The van der Waals surface area contributed by atoms with Crippen LogP contribution in [0.15, 0.2) is 92.6 Å². The Labute approximate surface area is 252 Å². The molecule has 0 fully saturated rings. The van der Waals surface area contributed by atoms with Crippen LogP contribution in [0, 0.1) is 20.8 Å². The Kier molecular flexibility index (Phi) is 8.71. The van der Waals surface area contributed by atoms with Gasteiger partial charge in [0.25, 0.3) is 0 Å². The second-order valence-corrected chi connectivity index (χ2v) is 11.8. The quantitative estimate of drug-likeness (QED) is 0.197. The molecule has 0 atom stereocenters. The molecule has 0 aliphatic carbocycles. The topological polar surface area (TPSA) is 73.0 Å². The minimum Gasteiger partial charge on any atom is -0.506 e. The molecule has 0 radical (unpaired) electrons. The Balaban J connectivity index is 1.48. The van der Waals surface area contributed by atoms with Crippen molar-refractivity contribution in [2.24, 2.45) is 4.99 Å². The van der Waals surface area contributed by atoms with Crippen molar-refractivity contribution in [1.82, 2.24) is 4.57 Å². The summed E-state index contributed by atoms with van der Waals surface area (Å²) in [5.74, 6) is 0.118. The monoisotopic (exact) mass is 630 g/mol. The third kappa shape index (κ3) is 6.44. The largest absolute Gasteiger partial charge is 0.506 e. The van der Waals surface area contributed by atoms with Crippen LogP contribution < -0.4 is 4.74 Å². The lowest BCUT2D eigenvalue weighted by Gasteiger charge is -2.10. The highest BCUT2D eigenvalue weighted by Crippen LogP contribution is 2.41. The summed E-state index contributed by atoms with van der Waals surface area (Å²) in [6.45, 7) is 9.24. The van der Waals surface area contributed by atoms with Gasteiger partial charge in [-0.25, -0.2) is 9.79 Å². The molecule has 1 aromatic heterocycles. The summed E-state index contributed by atoms with van der Waals surface area (Å²) in [5, 5.41) is 12.6. The molecule has 4 aromatic rings. The highest BCUT2D eigenvalue weighted by molar-refractivity contribution is 9.10. The van der Waals surface area contributed by atoms with Crippen LogP contribution in [0.5, 0.6) is 5.75 Å². The number of hydrogen-bond acceptors (Lipinski definition) is 6. The number of aliphatic imine (C=N–C) groups is 1. The maximum Gasteiger partial charge on any atom is 0.344 e. The Morgan fingerprint density at radius 2 is 1.83 bits per heavy atom. The van der Waals surface area contributed by atoms with Gasteiger partial charge in [-0.05, 0) is 87.4 Å². The van der Waals surface area contributed by atoms with E-state index in [1.165, 1.54) is 22.9 Å². The molecule has 1 aliphatic rings. The number of esters is 1. The lowest BCUT2D eigenvalue weighted by atomic mass is 10.1. The number of benzene rings is 3. The maximum atomic E-state index is 12.9. The Morgan fingerprint density at radius 3 is 2.56 bits per heavy atom. The van der Waals surface area contributed by atoms with E-state index < -0.39 is 5.97 Å². The second-order valence-electron chi connectivity index (χ2n) is 9.84. The van der Waals surface area contributed by atoms with Gasteiger partial charge in [0.2, 0.25) is 0 Å². The van der Waals surface area contributed by atoms with Crippen LogP contribution in [-0.4, -0.2) is 33.9 Å². The lowest BCUT2D eigenvalue weighted by molar-refractivity contribution is -0.138. The molecule has 210 valence electrons. The number of carbonyl (C=O) groups excluding carboxylic acids is 1. The Bertz CT molecular complexity index is 1720. The molecule has 1 aliphatic heterocycles. The zero-order valence-corrected chi connectivity index (χ0v) is 25.8. The first-order valence-electron chi connectivity index (χ1n) is 13.4. The Hall–Kier alpha value is -3.75. The molecule has 5 rings (SSSR count). The third-order valence-electron chi connectivity index (χ3n) is 6.87. The number of thioether (sulfide) groups is 1. The lowest BCUT2D eigenvalue weighted by Crippen LogP contribution is -2.12. The average molecular weight is 632 g/mol. The number of carbonyl (C=O) groups is 1. The van der Waals surface area contributed by atoms with Crippen LogP contribution in [0.3, 0.4) is 0 Å². The number of aliphatic hydroxyl groups is 1. The van der Waals surface area contributed by atoms with Crippen molar-refractivity contribution in [3.8, 4) is 5.75 Å². The molecule has 0 amide bonds. The van der Waals surface area contributed by atoms with Gasteiger partial charge in [-0.2, -0.15) is 0 Å². The summed E-state index contributed by atoms with van der Waals surface area (Å²) in [5.41, 5.74) is 6.25. The van der Waals surface area contributed by atoms with Crippen molar-refractivity contribution < 1.29 is 19.4 Å². The molecule has 0 unspecified atom stereocenters. The van der Waals surface area contributed by atoms with E-state index in [9.17, 15) is 9.90 Å². The van der Waals surface area contributed by atoms with E-state index in [0.717, 1.165) is 32.3 Å². The van der Waals surface area contributed by atoms with Gasteiger partial charge in [-0.15, -0.1) is 0 Å². The smallest absolute Gasteiger partial charge is 0.344 e. The van der Waals surface area contributed by atoms with Crippen LogP contribution in [0.2, 0.25) is 0 Å². The first-order chi connectivity index (χ1) is 19.7. The van der Waals surface area contributed by atoms with Gasteiger partial charge < -0.3 is 19.1 Å². The normalized spacial score (nSPS) is 15.3. The minimum atomic E-state index is -0.597. The van der Waals surface area contributed by atoms with Crippen molar-refractivity contribution in [3.63, 3.8) is 0 Å².